The first-order chi connectivity index (χ1) is 9.51. The Hall–Kier alpha value is -2.22. The van der Waals surface area contributed by atoms with Crippen LogP contribution in [0.5, 0.6) is 0 Å². The molecule has 2 heterocycles. The van der Waals surface area contributed by atoms with E-state index in [1.807, 2.05) is 6.92 Å². The molecule has 0 radical (unpaired) electrons. The number of rotatable bonds is 5. The highest BCUT2D eigenvalue weighted by atomic mass is 32.1. The minimum atomic E-state index is -1.18. The van der Waals surface area contributed by atoms with Crippen LogP contribution in [0.2, 0.25) is 0 Å². The number of aromatic nitrogens is 2. The summed E-state index contributed by atoms with van der Waals surface area (Å²) < 4.78 is 14.3. The van der Waals surface area contributed by atoms with Gasteiger partial charge in [-0.05, 0) is 18.6 Å². The zero-order valence-corrected chi connectivity index (χ0v) is 11.4. The first-order valence-electron chi connectivity index (χ1n) is 5.88. The van der Waals surface area contributed by atoms with Gasteiger partial charge in [0.25, 0.3) is 5.91 Å². The number of nitrogens with one attached hydrogen (secondary N) is 1. The quantitative estimate of drug-likeness (QED) is 0.887. The molecule has 0 unspecified atom stereocenters. The van der Waals surface area contributed by atoms with Crippen molar-refractivity contribution >= 4 is 29.0 Å². The van der Waals surface area contributed by atoms with Gasteiger partial charge in [-0.2, -0.15) is 9.49 Å². The van der Waals surface area contributed by atoms with Crippen LogP contribution in [0.1, 0.15) is 33.4 Å². The van der Waals surface area contributed by atoms with E-state index in [-0.39, 0.29) is 16.3 Å². The molecule has 0 fully saturated rings. The molecule has 0 saturated carbocycles. The van der Waals surface area contributed by atoms with E-state index < -0.39 is 17.0 Å². The van der Waals surface area contributed by atoms with Gasteiger partial charge >= 0.3 is 5.97 Å². The van der Waals surface area contributed by atoms with E-state index in [2.05, 4.69) is 10.4 Å². The van der Waals surface area contributed by atoms with Gasteiger partial charge < -0.3 is 10.4 Å². The van der Waals surface area contributed by atoms with E-state index in [4.69, 9.17) is 5.11 Å². The SMILES string of the molecule is CCCn1cc(C(=O)O)c(NC(=O)c2ccc(F)s2)n1. The first kappa shape index (κ1) is 14.2. The fourth-order valence-electron chi connectivity index (χ4n) is 1.62. The van der Waals surface area contributed by atoms with Crippen LogP contribution in [0, 0.1) is 5.13 Å². The number of thiophene rings is 1. The van der Waals surface area contributed by atoms with Crippen molar-refractivity contribution in [1.82, 2.24) is 9.78 Å². The summed E-state index contributed by atoms with van der Waals surface area (Å²) in [4.78, 5) is 23.1. The maximum atomic E-state index is 12.9. The molecule has 2 rings (SSSR count). The fraction of sp³-hybridized carbons (Fsp3) is 0.250. The third-order valence-electron chi connectivity index (χ3n) is 2.47. The Kier molecular flexibility index (Phi) is 4.14. The summed E-state index contributed by atoms with van der Waals surface area (Å²) in [6, 6.07) is 2.51. The molecule has 0 aliphatic carbocycles. The van der Waals surface area contributed by atoms with Crippen molar-refractivity contribution < 1.29 is 19.1 Å². The predicted molar refractivity (Wildman–Crippen MR) is 71.7 cm³/mol. The van der Waals surface area contributed by atoms with Gasteiger partial charge in [-0.15, -0.1) is 11.3 Å². The Morgan fingerprint density at radius 1 is 1.50 bits per heavy atom. The van der Waals surface area contributed by atoms with Gasteiger partial charge in [0.05, 0.1) is 4.88 Å². The van der Waals surface area contributed by atoms with Gasteiger partial charge in [0.1, 0.15) is 5.56 Å². The smallest absolute Gasteiger partial charge is 0.341 e. The molecule has 0 aliphatic rings. The molecule has 0 aromatic carbocycles. The normalized spacial score (nSPS) is 10.5. The largest absolute Gasteiger partial charge is 0.477 e. The van der Waals surface area contributed by atoms with Gasteiger partial charge in [-0.3, -0.25) is 9.48 Å². The summed E-state index contributed by atoms with van der Waals surface area (Å²) in [6.07, 6.45) is 2.14. The molecule has 6 nitrogen and oxygen atoms in total. The number of hydrogen-bond acceptors (Lipinski definition) is 4. The first-order valence-corrected chi connectivity index (χ1v) is 6.70. The van der Waals surface area contributed by atoms with Gasteiger partial charge in [-0.25, -0.2) is 4.79 Å². The number of carbonyl (C=O) groups excluding carboxylic acids is 1. The van der Waals surface area contributed by atoms with E-state index in [1.165, 1.54) is 23.0 Å². The van der Waals surface area contributed by atoms with Gasteiger partial charge in [0.15, 0.2) is 10.9 Å². The molecule has 0 aliphatic heterocycles. The minimum absolute atomic E-state index is 0.0373. The van der Waals surface area contributed by atoms with Gasteiger partial charge in [0, 0.05) is 12.7 Å². The summed E-state index contributed by atoms with van der Waals surface area (Å²) in [5.41, 5.74) is -0.0937. The van der Waals surface area contributed by atoms with Crippen LogP contribution in [-0.2, 0) is 6.54 Å². The molecule has 0 saturated heterocycles. The number of carbonyl (C=O) groups is 2. The van der Waals surface area contributed by atoms with E-state index in [0.717, 1.165) is 6.42 Å². The number of carboxylic acid groups (broad SMARTS) is 1. The number of halogens is 1. The highest BCUT2D eigenvalue weighted by Crippen LogP contribution is 2.18. The summed E-state index contributed by atoms with van der Waals surface area (Å²) in [6.45, 7) is 2.47. The highest BCUT2D eigenvalue weighted by molar-refractivity contribution is 7.12. The summed E-state index contributed by atoms with van der Waals surface area (Å²) in [5, 5.41) is 15.0. The van der Waals surface area contributed by atoms with Crippen molar-refractivity contribution in [3.63, 3.8) is 0 Å². The van der Waals surface area contributed by atoms with E-state index in [1.54, 1.807) is 0 Å². The molecule has 0 atom stereocenters. The Bertz CT molecular complexity index is 650. The van der Waals surface area contributed by atoms with E-state index in [9.17, 15) is 14.0 Å². The van der Waals surface area contributed by atoms with Gasteiger partial charge in [-0.1, -0.05) is 6.92 Å². The Balaban J connectivity index is 2.23. The zero-order valence-electron chi connectivity index (χ0n) is 10.6. The number of amides is 1. The van der Waals surface area contributed by atoms with Crippen LogP contribution in [-0.4, -0.2) is 26.8 Å². The molecule has 106 valence electrons. The van der Waals surface area contributed by atoms with Crippen LogP contribution < -0.4 is 5.32 Å². The molecule has 2 N–H and O–H groups in total. The number of aryl methyl sites for hydroxylation is 1. The maximum Gasteiger partial charge on any atom is 0.341 e. The van der Waals surface area contributed by atoms with Crippen LogP contribution in [0.15, 0.2) is 18.3 Å². The zero-order chi connectivity index (χ0) is 14.7. The lowest BCUT2D eigenvalue weighted by atomic mass is 10.3. The lowest BCUT2D eigenvalue weighted by Gasteiger charge is -2.00. The Morgan fingerprint density at radius 3 is 2.80 bits per heavy atom. The lowest BCUT2D eigenvalue weighted by Crippen LogP contribution is -2.13. The van der Waals surface area contributed by atoms with Crippen LogP contribution in [0.25, 0.3) is 0 Å². The third kappa shape index (κ3) is 3.02. The Labute approximate surface area is 117 Å². The predicted octanol–water partition coefficient (Wildman–Crippen LogP) is 2.44. The topological polar surface area (TPSA) is 84.2 Å². The molecule has 2 aromatic rings. The summed E-state index contributed by atoms with van der Waals surface area (Å²) in [5.74, 6) is -1.80. The molecule has 0 bridgehead atoms. The van der Waals surface area contributed by atoms with Crippen molar-refractivity contribution in [2.45, 2.75) is 19.9 Å². The fourth-order valence-corrected chi connectivity index (χ4v) is 2.25. The van der Waals surface area contributed by atoms with Crippen molar-refractivity contribution in [1.29, 1.82) is 0 Å². The van der Waals surface area contributed by atoms with Crippen LogP contribution >= 0.6 is 11.3 Å². The monoisotopic (exact) mass is 297 g/mol. The molecule has 1 amide bonds. The molecule has 2 aromatic heterocycles. The highest BCUT2D eigenvalue weighted by Gasteiger charge is 2.19. The summed E-state index contributed by atoms with van der Waals surface area (Å²) in [7, 11) is 0. The van der Waals surface area contributed by atoms with Crippen molar-refractivity contribution in [3.8, 4) is 0 Å². The number of hydrogen-bond donors (Lipinski definition) is 2. The number of carboxylic acids is 1. The molecule has 0 spiro atoms. The average Bonchev–Trinajstić information content (AvgIpc) is 2.96. The molecule has 20 heavy (non-hydrogen) atoms. The lowest BCUT2D eigenvalue weighted by molar-refractivity contribution is 0.0698. The van der Waals surface area contributed by atoms with E-state index >= 15 is 0 Å². The standard InChI is InChI=1S/C12H12FN3O3S/c1-2-5-16-6-7(12(18)19)10(15-16)14-11(17)8-3-4-9(13)20-8/h3-4,6H,2,5H2,1H3,(H,18,19)(H,14,15,17). The number of aromatic carboxylic acids is 1. The second-order valence-corrected chi connectivity index (χ2v) is 5.05. The molecular weight excluding hydrogens is 285 g/mol. The van der Waals surface area contributed by atoms with E-state index in [0.29, 0.717) is 17.9 Å². The number of anilines is 1. The maximum absolute atomic E-state index is 12.9. The Morgan fingerprint density at radius 2 is 2.25 bits per heavy atom. The second kappa shape index (κ2) is 5.83. The molecule has 8 heteroatoms. The van der Waals surface area contributed by atoms with Crippen LogP contribution in [0.4, 0.5) is 10.2 Å². The number of nitrogens with zero attached hydrogens (tertiary/aromatic N) is 2. The van der Waals surface area contributed by atoms with Crippen molar-refractivity contribution in [2.24, 2.45) is 0 Å². The molecular formula is C12H12FN3O3S. The second-order valence-electron chi connectivity index (χ2n) is 4.02. The van der Waals surface area contributed by atoms with Crippen molar-refractivity contribution in [2.75, 3.05) is 5.32 Å². The van der Waals surface area contributed by atoms with Gasteiger partial charge in [0.2, 0.25) is 0 Å². The minimum Gasteiger partial charge on any atom is -0.477 e. The van der Waals surface area contributed by atoms with Crippen molar-refractivity contribution in [3.05, 3.63) is 33.9 Å². The summed E-state index contributed by atoms with van der Waals surface area (Å²) >= 11 is 0.686. The van der Waals surface area contributed by atoms with Crippen LogP contribution in [0.3, 0.4) is 0 Å². The average molecular weight is 297 g/mol. The third-order valence-corrected chi connectivity index (χ3v) is 3.35.